The number of Topliss-reactive ketones (excluding diaryl/α,β-unsaturated/α-hetero) is 1. The van der Waals surface area contributed by atoms with Gasteiger partial charge in [-0.05, 0) is 30.3 Å². The highest BCUT2D eigenvalue weighted by molar-refractivity contribution is 7.85. The molecule has 0 saturated heterocycles. The average molecular weight is 315 g/mol. The van der Waals surface area contributed by atoms with Crippen molar-refractivity contribution in [1.82, 2.24) is 0 Å². The first kappa shape index (κ1) is 14.2. The molecule has 0 aliphatic carbocycles. The van der Waals surface area contributed by atoms with Crippen LogP contribution >= 0.6 is 22.9 Å². The second-order valence-electron chi connectivity index (χ2n) is 3.70. The molecule has 0 fully saturated rings. The van der Waals surface area contributed by atoms with E-state index in [1.165, 1.54) is 11.3 Å². The quantitative estimate of drug-likeness (QED) is 0.794. The van der Waals surface area contributed by atoms with E-state index >= 15 is 0 Å². The zero-order valence-corrected chi connectivity index (χ0v) is 12.5. The predicted octanol–water partition coefficient (Wildman–Crippen LogP) is 3.40. The minimum Gasteiger partial charge on any atom is -0.497 e. The molecular formula is C13H11ClO3S2. The van der Waals surface area contributed by atoms with Gasteiger partial charge in [0.1, 0.15) is 5.75 Å². The Morgan fingerprint density at radius 3 is 2.79 bits per heavy atom. The van der Waals surface area contributed by atoms with E-state index in [1.807, 2.05) is 0 Å². The Hall–Kier alpha value is -1.17. The van der Waals surface area contributed by atoms with Crippen LogP contribution in [0, 0.1) is 0 Å². The van der Waals surface area contributed by atoms with Gasteiger partial charge in [-0.25, -0.2) is 0 Å². The van der Waals surface area contributed by atoms with Crippen LogP contribution in [0.3, 0.4) is 0 Å². The summed E-state index contributed by atoms with van der Waals surface area (Å²) in [6.45, 7) is 0. The second-order valence-corrected chi connectivity index (χ2v) is 6.86. The number of rotatable bonds is 5. The van der Waals surface area contributed by atoms with Crippen LogP contribution in [-0.2, 0) is 10.8 Å². The van der Waals surface area contributed by atoms with E-state index < -0.39 is 10.8 Å². The minimum absolute atomic E-state index is 0.0516. The van der Waals surface area contributed by atoms with Gasteiger partial charge in [0.25, 0.3) is 0 Å². The van der Waals surface area contributed by atoms with Gasteiger partial charge in [-0.1, -0.05) is 17.7 Å². The van der Waals surface area contributed by atoms with Gasteiger partial charge in [0.15, 0.2) is 5.78 Å². The molecule has 3 nitrogen and oxygen atoms in total. The molecule has 1 aromatic heterocycles. The third-order valence-electron chi connectivity index (χ3n) is 2.41. The lowest BCUT2D eigenvalue weighted by Crippen LogP contribution is -2.09. The topological polar surface area (TPSA) is 43.4 Å². The van der Waals surface area contributed by atoms with Crippen LogP contribution in [-0.4, -0.2) is 22.9 Å². The highest BCUT2D eigenvalue weighted by Crippen LogP contribution is 2.23. The molecule has 1 aromatic carbocycles. The van der Waals surface area contributed by atoms with E-state index in [0.29, 0.717) is 19.9 Å². The Morgan fingerprint density at radius 2 is 2.16 bits per heavy atom. The molecule has 1 atom stereocenters. The molecular weight excluding hydrogens is 304 g/mol. The van der Waals surface area contributed by atoms with Gasteiger partial charge in [-0.15, -0.1) is 11.3 Å². The highest BCUT2D eigenvalue weighted by atomic mass is 35.5. The number of methoxy groups -OCH3 is 1. The van der Waals surface area contributed by atoms with Crippen molar-refractivity contribution in [1.29, 1.82) is 0 Å². The van der Waals surface area contributed by atoms with Crippen LogP contribution in [0.25, 0.3) is 0 Å². The second kappa shape index (κ2) is 6.32. The average Bonchev–Trinajstić information content (AvgIpc) is 2.85. The molecule has 0 N–H and O–H groups in total. The first-order valence-corrected chi connectivity index (χ1v) is 7.92. The van der Waals surface area contributed by atoms with Gasteiger partial charge in [0.2, 0.25) is 0 Å². The standard InChI is InChI=1S/C13H11ClO3S2/c1-17-9-3-2-4-10(7-9)19(16)8-11(15)12-5-6-13(14)18-12/h2-7H,8H2,1H3. The van der Waals surface area contributed by atoms with Crippen LogP contribution in [0.1, 0.15) is 9.67 Å². The van der Waals surface area contributed by atoms with Crippen LogP contribution < -0.4 is 4.74 Å². The lowest BCUT2D eigenvalue weighted by molar-refractivity contribution is 0.102. The Morgan fingerprint density at radius 1 is 1.37 bits per heavy atom. The summed E-state index contributed by atoms with van der Waals surface area (Å²) in [4.78, 5) is 13.0. The number of ether oxygens (including phenoxy) is 1. The molecule has 19 heavy (non-hydrogen) atoms. The molecule has 0 aliphatic rings. The van der Waals surface area contributed by atoms with Gasteiger partial charge in [0, 0.05) is 4.90 Å². The maximum Gasteiger partial charge on any atom is 0.185 e. The summed E-state index contributed by atoms with van der Waals surface area (Å²) in [7, 11) is 0.160. The molecule has 0 radical (unpaired) electrons. The summed E-state index contributed by atoms with van der Waals surface area (Å²) in [5, 5.41) is 0. The molecule has 0 spiro atoms. The Kier molecular flexibility index (Phi) is 4.74. The first-order chi connectivity index (χ1) is 9.10. The van der Waals surface area contributed by atoms with E-state index in [2.05, 4.69) is 0 Å². The minimum atomic E-state index is -1.38. The van der Waals surface area contributed by atoms with Gasteiger partial charge in [-0.3, -0.25) is 9.00 Å². The normalized spacial score (nSPS) is 12.1. The molecule has 0 bridgehead atoms. The lowest BCUT2D eigenvalue weighted by Gasteiger charge is -2.03. The third-order valence-corrected chi connectivity index (χ3v) is 4.99. The molecule has 6 heteroatoms. The first-order valence-electron chi connectivity index (χ1n) is 5.41. The van der Waals surface area contributed by atoms with Gasteiger partial charge >= 0.3 is 0 Å². The number of hydrogen-bond acceptors (Lipinski definition) is 4. The van der Waals surface area contributed by atoms with Gasteiger partial charge in [-0.2, -0.15) is 0 Å². The Labute approximate surface area is 122 Å². The van der Waals surface area contributed by atoms with Crippen molar-refractivity contribution in [3.8, 4) is 5.75 Å². The maximum atomic E-state index is 12.1. The van der Waals surface area contributed by atoms with Crippen LogP contribution in [0.2, 0.25) is 4.34 Å². The predicted molar refractivity (Wildman–Crippen MR) is 77.9 cm³/mol. The van der Waals surface area contributed by atoms with Crippen molar-refractivity contribution in [2.45, 2.75) is 4.90 Å². The number of benzene rings is 1. The fraction of sp³-hybridized carbons (Fsp3) is 0.154. The number of hydrogen-bond donors (Lipinski definition) is 0. The molecule has 0 amide bonds. The maximum absolute atomic E-state index is 12.1. The van der Waals surface area contributed by atoms with Crippen molar-refractivity contribution in [2.75, 3.05) is 12.9 Å². The van der Waals surface area contributed by atoms with Crippen LogP contribution in [0.15, 0.2) is 41.3 Å². The van der Waals surface area contributed by atoms with Gasteiger partial charge < -0.3 is 4.74 Å². The lowest BCUT2D eigenvalue weighted by atomic mass is 10.3. The fourth-order valence-electron chi connectivity index (χ4n) is 1.48. The summed E-state index contributed by atoms with van der Waals surface area (Å²) < 4.78 is 17.7. The van der Waals surface area contributed by atoms with Crippen molar-refractivity contribution in [3.63, 3.8) is 0 Å². The van der Waals surface area contributed by atoms with Crippen molar-refractivity contribution in [2.24, 2.45) is 0 Å². The zero-order chi connectivity index (χ0) is 13.8. The SMILES string of the molecule is COc1cccc(S(=O)CC(=O)c2ccc(Cl)s2)c1. The molecule has 2 aromatic rings. The summed E-state index contributed by atoms with van der Waals surface area (Å²) in [5.74, 6) is 0.403. The van der Waals surface area contributed by atoms with Crippen molar-refractivity contribution >= 4 is 39.5 Å². The number of carbonyl (C=O) groups is 1. The monoisotopic (exact) mass is 314 g/mol. The summed E-state index contributed by atoms with van der Waals surface area (Å²) in [6.07, 6.45) is 0. The molecule has 100 valence electrons. The zero-order valence-electron chi connectivity index (χ0n) is 10.1. The number of halogens is 1. The van der Waals surface area contributed by atoms with E-state index in [0.717, 1.165) is 0 Å². The van der Waals surface area contributed by atoms with Crippen LogP contribution in [0.4, 0.5) is 0 Å². The highest BCUT2D eigenvalue weighted by Gasteiger charge is 2.14. The molecule has 2 rings (SSSR count). The molecule has 1 heterocycles. The third kappa shape index (κ3) is 3.65. The summed E-state index contributed by atoms with van der Waals surface area (Å²) in [5.41, 5.74) is 0. The largest absolute Gasteiger partial charge is 0.497 e. The smallest absolute Gasteiger partial charge is 0.185 e. The van der Waals surface area contributed by atoms with E-state index in [1.54, 1.807) is 43.5 Å². The number of carbonyl (C=O) groups excluding carboxylic acids is 1. The Bertz CT molecular complexity index is 622. The summed E-state index contributed by atoms with van der Waals surface area (Å²) in [6, 6.07) is 10.2. The number of thiophene rings is 1. The van der Waals surface area contributed by atoms with E-state index in [9.17, 15) is 9.00 Å². The van der Waals surface area contributed by atoms with Crippen LogP contribution in [0.5, 0.6) is 5.75 Å². The van der Waals surface area contributed by atoms with E-state index in [4.69, 9.17) is 16.3 Å². The number of ketones is 1. The Balaban J connectivity index is 2.10. The summed E-state index contributed by atoms with van der Waals surface area (Å²) >= 11 is 6.97. The molecule has 0 saturated carbocycles. The molecule has 1 unspecified atom stereocenters. The van der Waals surface area contributed by atoms with Crippen molar-refractivity contribution < 1.29 is 13.7 Å². The fourth-order valence-corrected chi connectivity index (χ4v) is 3.59. The molecule has 0 aliphatic heterocycles. The van der Waals surface area contributed by atoms with Gasteiger partial charge in [0.05, 0.1) is 32.9 Å². The van der Waals surface area contributed by atoms with Crippen molar-refractivity contribution in [3.05, 3.63) is 45.6 Å². The van der Waals surface area contributed by atoms with E-state index in [-0.39, 0.29) is 11.5 Å².